The first-order valence-electron chi connectivity index (χ1n) is 11.4. The van der Waals surface area contributed by atoms with E-state index in [1.807, 2.05) is 5.32 Å². The van der Waals surface area contributed by atoms with E-state index in [-0.39, 0.29) is 6.42 Å². The number of aliphatic hydroxyl groups is 1. The number of nitrogens with two attached hydrogens (primary N) is 1. The van der Waals surface area contributed by atoms with E-state index in [0.29, 0.717) is 10.9 Å². The molecule has 5 unspecified atom stereocenters. The van der Waals surface area contributed by atoms with Gasteiger partial charge in [-0.05, 0) is 18.6 Å². The summed E-state index contributed by atoms with van der Waals surface area (Å²) in [6.07, 6.45) is -1.80. The van der Waals surface area contributed by atoms with Crippen LogP contribution in [-0.4, -0.2) is 91.3 Å². The van der Waals surface area contributed by atoms with Gasteiger partial charge in [-0.2, -0.15) is 0 Å². The van der Waals surface area contributed by atoms with Crippen LogP contribution in [0.3, 0.4) is 0 Å². The molecule has 0 aliphatic heterocycles. The molecule has 1 aromatic heterocycles. The molecule has 0 radical (unpaired) electrons. The molecule has 2 rings (SSSR count). The molecule has 1 heterocycles. The van der Waals surface area contributed by atoms with Gasteiger partial charge in [-0.1, -0.05) is 18.2 Å². The van der Waals surface area contributed by atoms with E-state index in [2.05, 4.69) is 15.6 Å². The number of carbonyl (C=O) groups is 6. The van der Waals surface area contributed by atoms with E-state index >= 15 is 0 Å². The number of carbonyl (C=O) groups excluding carboxylic acids is 3. The Morgan fingerprint density at radius 2 is 1.45 bits per heavy atom. The maximum atomic E-state index is 13.2. The Bertz CT molecular complexity index is 1210. The Balaban J connectivity index is 2.32. The Kier molecular flexibility index (Phi) is 10.3. The number of aromatic amines is 1. The molecule has 0 saturated carbocycles. The standard InChI is InChI=1S/C23H29N5O10/c1-10(29)19(23(37)38)28-22(36)16(8-18(32)33)27-21(35)15(26-20(34)13(24)7-17(30)31)6-11-9-25-14-5-3-2-4-12(11)14/h2-5,9-10,13,15-16,19,25,29H,6-8,24H2,1H3,(H,26,34)(H,27,35)(H,28,36)(H,30,31)(H,32,33)(H,37,38). The molecular formula is C23H29N5O10. The molecule has 0 saturated heterocycles. The van der Waals surface area contributed by atoms with E-state index < -0.39 is 78.7 Å². The summed E-state index contributed by atoms with van der Waals surface area (Å²) in [5, 5.41) is 44.1. The smallest absolute Gasteiger partial charge is 0.328 e. The van der Waals surface area contributed by atoms with Crippen molar-refractivity contribution in [3.05, 3.63) is 36.0 Å². The van der Waals surface area contributed by atoms with Crippen LogP contribution in [0.2, 0.25) is 0 Å². The normalized spacial score (nSPS) is 14.9. The van der Waals surface area contributed by atoms with Gasteiger partial charge < -0.3 is 47.1 Å². The van der Waals surface area contributed by atoms with Gasteiger partial charge in [0.15, 0.2) is 6.04 Å². The fourth-order valence-corrected chi connectivity index (χ4v) is 3.59. The number of amides is 3. The van der Waals surface area contributed by atoms with Gasteiger partial charge in [0.05, 0.1) is 25.0 Å². The van der Waals surface area contributed by atoms with Gasteiger partial charge >= 0.3 is 17.9 Å². The molecule has 3 amide bonds. The lowest BCUT2D eigenvalue weighted by Gasteiger charge is -2.25. The summed E-state index contributed by atoms with van der Waals surface area (Å²) in [5.74, 6) is -7.65. The van der Waals surface area contributed by atoms with Crippen LogP contribution in [0.25, 0.3) is 10.9 Å². The molecular weight excluding hydrogens is 506 g/mol. The summed E-state index contributed by atoms with van der Waals surface area (Å²) in [7, 11) is 0. The SMILES string of the molecule is CC(O)C(NC(=O)C(CC(=O)O)NC(=O)C(Cc1c[nH]c2ccccc12)NC(=O)C(N)CC(=O)O)C(=O)O. The minimum atomic E-state index is -1.79. The number of para-hydroxylation sites is 1. The summed E-state index contributed by atoms with van der Waals surface area (Å²) < 4.78 is 0. The number of rotatable bonds is 14. The summed E-state index contributed by atoms with van der Waals surface area (Å²) in [6.45, 7) is 1.09. The molecule has 0 aliphatic carbocycles. The number of benzene rings is 1. The van der Waals surface area contributed by atoms with Crippen molar-refractivity contribution >= 4 is 46.5 Å². The Labute approximate surface area is 215 Å². The lowest BCUT2D eigenvalue weighted by molar-refractivity contribution is -0.146. The van der Waals surface area contributed by atoms with Crippen LogP contribution in [0.4, 0.5) is 0 Å². The average molecular weight is 536 g/mol. The minimum absolute atomic E-state index is 0.159. The van der Waals surface area contributed by atoms with Crippen LogP contribution in [0.15, 0.2) is 30.5 Å². The predicted octanol–water partition coefficient (Wildman–Crippen LogP) is -2.09. The summed E-state index contributed by atoms with van der Waals surface area (Å²) in [5.41, 5.74) is 6.89. The number of fused-ring (bicyclic) bond motifs is 1. The summed E-state index contributed by atoms with van der Waals surface area (Å²) >= 11 is 0. The fourth-order valence-electron chi connectivity index (χ4n) is 3.59. The number of carboxylic acid groups (broad SMARTS) is 3. The third-order valence-corrected chi connectivity index (χ3v) is 5.52. The van der Waals surface area contributed by atoms with Gasteiger partial charge in [-0.3, -0.25) is 24.0 Å². The van der Waals surface area contributed by atoms with Gasteiger partial charge in [0, 0.05) is 23.5 Å². The quantitative estimate of drug-likeness (QED) is 0.127. The Morgan fingerprint density at radius 1 is 0.868 bits per heavy atom. The van der Waals surface area contributed by atoms with Gasteiger partial charge in [0.25, 0.3) is 0 Å². The highest BCUT2D eigenvalue weighted by atomic mass is 16.4. The summed E-state index contributed by atoms with van der Waals surface area (Å²) in [6, 6.07) is 0.516. The van der Waals surface area contributed by atoms with E-state index in [1.54, 1.807) is 30.5 Å². The molecule has 15 nitrogen and oxygen atoms in total. The van der Waals surface area contributed by atoms with Gasteiger partial charge in [0.1, 0.15) is 12.1 Å². The number of carboxylic acids is 3. The number of nitrogens with one attached hydrogen (secondary N) is 4. The Hall–Kier alpha value is -4.50. The largest absolute Gasteiger partial charge is 0.481 e. The predicted molar refractivity (Wildman–Crippen MR) is 130 cm³/mol. The zero-order chi connectivity index (χ0) is 28.6. The molecule has 1 aromatic carbocycles. The minimum Gasteiger partial charge on any atom is -0.481 e. The molecule has 0 spiro atoms. The van der Waals surface area contributed by atoms with Gasteiger partial charge in [0.2, 0.25) is 17.7 Å². The van der Waals surface area contributed by atoms with Gasteiger partial charge in [-0.25, -0.2) is 4.79 Å². The number of aliphatic carboxylic acids is 3. The van der Waals surface area contributed by atoms with Crippen LogP contribution in [-0.2, 0) is 35.2 Å². The average Bonchev–Trinajstić information content (AvgIpc) is 3.23. The van der Waals surface area contributed by atoms with Crippen molar-refractivity contribution in [2.24, 2.45) is 5.73 Å². The van der Waals surface area contributed by atoms with Crippen molar-refractivity contribution in [1.82, 2.24) is 20.9 Å². The second kappa shape index (κ2) is 13.2. The topological polar surface area (TPSA) is 261 Å². The molecule has 0 fully saturated rings. The van der Waals surface area contributed by atoms with Crippen molar-refractivity contribution in [3.63, 3.8) is 0 Å². The van der Waals surface area contributed by atoms with Crippen molar-refractivity contribution in [1.29, 1.82) is 0 Å². The van der Waals surface area contributed by atoms with E-state index in [1.165, 1.54) is 0 Å². The number of aromatic nitrogens is 1. The number of hydrogen-bond donors (Lipinski definition) is 9. The van der Waals surface area contributed by atoms with Gasteiger partial charge in [-0.15, -0.1) is 0 Å². The fraction of sp³-hybridized carbons (Fsp3) is 0.391. The lowest BCUT2D eigenvalue weighted by Crippen LogP contribution is -2.59. The van der Waals surface area contributed by atoms with Crippen LogP contribution < -0.4 is 21.7 Å². The second-order valence-electron chi connectivity index (χ2n) is 8.55. The second-order valence-corrected chi connectivity index (χ2v) is 8.55. The van der Waals surface area contributed by atoms with Crippen molar-refractivity contribution in [3.8, 4) is 0 Å². The van der Waals surface area contributed by atoms with Crippen LogP contribution in [0.1, 0.15) is 25.3 Å². The highest BCUT2D eigenvalue weighted by molar-refractivity contribution is 5.96. The molecule has 0 aliphatic rings. The zero-order valence-electron chi connectivity index (χ0n) is 20.2. The monoisotopic (exact) mass is 535 g/mol. The lowest BCUT2D eigenvalue weighted by atomic mass is 10.0. The molecule has 2 aromatic rings. The van der Waals surface area contributed by atoms with Crippen molar-refractivity contribution in [2.75, 3.05) is 0 Å². The number of H-pyrrole nitrogens is 1. The molecule has 206 valence electrons. The van der Waals surface area contributed by atoms with Crippen LogP contribution in [0, 0.1) is 0 Å². The maximum Gasteiger partial charge on any atom is 0.328 e. The Morgan fingerprint density at radius 3 is 2.03 bits per heavy atom. The van der Waals surface area contributed by atoms with Crippen molar-refractivity contribution < 1.29 is 49.2 Å². The molecule has 38 heavy (non-hydrogen) atoms. The first-order chi connectivity index (χ1) is 17.8. The summed E-state index contributed by atoms with van der Waals surface area (Å²) in [4.78, 5) is 75.0. The van der Waals surface area contributed by atoms with E-state index in [4.69, 9.17) is 10.8 Å². The molecule has 15 heteroatoms. The highest BCUT2D eigenvalue weighted by Crippen LogP contribution is 2.19. The number of hydrogen-bond acceptors (Lipinski definition) is 8. The third kappa shape index (κ3) is 8.28. The first kappa shape index (κ1) is 29.7. The molecule has 10 N–H and O–H groups in total. The zero-order valence-corrected chi connectivity index (χ0v) is 20.2. The van der Waals surface area contributed by atoms with Crippen molar-refractivity contribution in [2.45, 2.75) is 56.5 Å². The third-order valence-electron chi connectivity index (χ3n) is 5.52. The van der Waals surface area contributed by atoms with Crippen LogP contribution >= 0.6 is 0 Å². The first-order valence-corrected chi connectivity index (χ1v) is 11.4. The van der Waals surface area contributed by atoms with E-state index in [0.717, 1.165) is 12.4 Å². The molecule has 5 atom stereocenters. The maximum absolute atomic E-state index is 13.2. The number of aliphatic hydroxyl groups excluding tert-OH is 1. The van der Waals surface area contributed by atoms with E-state index in [9.17, 15) is 44.1 Å². The van der Waals surface area contributed by atoms with Crippen LogP contribution in [0.5, 0.6) is 0 Å². The highest BCUT2D eigenvalue weighted by Gasteiger charge is 2.33. The molecule has 0 bridgehead atoms.